The summed E-state index contributed by atoms with van der Waals surface area (Å²) < 4.78 is 5.52. The first-order valence-corrected chi connectivity index (χ1v) is 8.40. The molecule has 1 atom stereocenters. The average Bonchev–Trinajstić information content (AvgIpc) is 3.12. The minimum Gasteiger partial charge on any atom is -0.468 e. The lowest BCUT2D eigenvalue weighted by molar-refractivity contribution is 0.258. The molecule has 0 spiro atoms. The molecule has 0 saturated heterocycles. The monoisotopic (exact) mass is 463 g/mol. The van der Waals surface area contributed by atoms with Gasteiger partial charge in [0.2, 0.25) is 0 Å². The van der Waals surface area contributed by atoms with Crippen LogP contribution < -0.4 is 10.6 Å². The maximum atomic E-state index is 5.52. The number of hydrogen-bond acceptors (Lipinski definition) is 5. The van der Waals surface area contributed by atoms with E-state index < -0.39 is 0 Å². The van der Waals surface area contributed by atoms with Crippen molar-refractivity contribution in [3.05, 3.63) is 39.7 Å². The van der Waals surface area contributed by atoms with E-state index in [2.05, 4.69) is 25.5 Å². The summed E-state index contributed by atoms with van der Waals surface area (Å²) in [4.78, 5) is 12.1. The molecule has 134 valence electrons. The van der Waals surface area contributed by atoms with E-state index in [1.807, 2.05) is 40.1 Å². The Kier molecular flexibility index (Phi) is 8.71. The highest BCUT2D eigenvalue weighted by atomic mass is 127. The third-order valence-electron chi connectivity index (χ3n) is 3.60. The number of aliphatic imine (C=N–C) groups is 1. The van der Waals surface area contributed by atoms with Gasteiger partial charge in [0.1, 0.15) is 5.76 Å². The molecule has 8 heteroatoms. The van der Waals surface area contributed by atoms with Crippen molar-refractivity contribution in [3.8, 4) is 0 Å². The van der Waals surface area contributed by atoms with Gasteiger partial charge in [0.15, 0.2) is 5.96 Å². The van der Waals surface area contributed by atoms with Crippen LogP contribution in [-0.4, -0.2) is 43.5 Å². The highest BCUT2D eigenvalue weighted by Crippen LogP contribution is 2.18. The van der Waals surface area contributed by atoms with Gasteiger partial charge in [-0.1, -0.05) is 0 Å². The number of hydrogen-bond donors (Lipinski definition) is 2. The number of thiazole rings is 1. The van der Waals surface area contributed by atoms with Crippen molar-refractivity contribution in [2.75, 3.05) is 27.7 Å². The molecule has 0 aromatic carbocycles. The van der Waals surface area contributed by atoms with Crippen LogP contribution in [0.3, 0.4) is 0 Å². The van der Waals surface area contributed by atoms with Gasteiger partial charge in [-0.05, 0) is 40.1 Å². The van der Waals surface area contributed by atoms with E-state index in [0.717, 1.165) is 29.0 Å². The number of rotatable bonds is 6. The van der Waals surface area contributed by atoms with Crippen LogP contribution in [0.5, 0.6) is 0 Å². The first-order chi connectivity index (χ1) is 11.0. The Bertz CT molecular complexity index is 639. The Morgan fingerprint density at radius 2 is 2.12 bits per heavy atom. The fourth-order valence-electron chi connectivity index (χ4n) is 2.33. The van der Waals surface area contributed by atoms with E-state index in [1.54, 1.807) is 24.6 Å². The van der Waals surface area contributed by atoms with E-state index in [0.29, 0.717) is 6.54 Å². The molecule has 2 N–H and O–H groups in total. The molecule has 6 nitrogen and oxygen atoms in total. The lowest BCUT2D eigenvalue weighted by Crippen LogP contribution is -2.41. The fraction of sp³-hybridized carbons (Fsp3) is 0.500. The molecule has 0 bridgehead atoms. The molecule has 2 aromatic heterocycles. The highest BCUT2D eigenvalue weighted by molar-refractivity contribution is 14.0. The van der Waals surface area contributed by atoms with Gasteiger partial charge in [0.25, 0.3) is 0 Å². The van der Waals surface area contributed by atoms with Gasteiger partial charge in [-0.3, -0.25) is 9.89 Å². The minimum atomic E-state index is 0. The van der Waals surface area contributed by atoms with E-state index in [-0.39, 0.29) is 30.0 Å². The molecule has 2 heterocycles. The second kappa shape index (κ2) is 10.00. The molecule has 0 fully saturated rings. The molecular formula is C16H26IN5OS. The van der Waals surface area contributed by atoms with Crippen molar-refractivity contribution < 1.29 is 4.42 Å². The van der Waals surface area contributed by atoms with Crippen LogP contribution >= 0.6 is 35.3 Å². The number of guanidine groups is 1. The molecular weight excluding hydrogens is 437 g/mol. The van der Waals surface area contributed by atoms with E-state index in [9.17, 15) is 0 Å². The molecule has 1 unspecified atom stereocenters. The number of furan rings is 1. The van der Waals surface area contributed by atoms with Crippen molar-refractivity contribution in [2.24, 2.45) is 4.99 Å². The normalized spacial score (nSPS) is 12.8. The summed E-state index contributed by atoms with van der Waals surface area (Å²) in [6, 6.07) is 4.05. The molecule has 0 radical (unpaired) electrons. The molecule has 0 amide bonds. The Morgan fingerprint density at radius 3 is 2.62 bits per heavy atom. The lowest BCUT2D eigenvalue weighted by atomic mass is 10.2. The second-order valence-corrected chi connectivity index (χ2v) is 6.83. The summed E-state index contributed by atoms with van der Waals surface area (Å²) in [5.74, 6) is 1.71. The van der Waals surface area contributed by atoms with Crippen molar-refractivity contribution >= 4 is 41.3 Å². The predicted octanol–water partition coefficient (Wildman–Crippen LogP) is 2.94. The standard InChI is InChI=1S/C16H25N5OS.HI/c1-11-15(23-12(2)20-11)10-19-16(17-3)18-9-13(21(4)5)14-7-6-8-22-14;/h6-8,13H,9-10H2,1-5H3,(H2,17,18,19);1H. The Morgan fingerprint density at radius 1 is 1.38 bits per heavy atom. The van der Waals surface area contributed by atoms with E-state index in [1.165, 1.54) is 4.88 Å². The topological polar surface area (TPSA) is 65.7 Å². The van der Waals surface area contributed by atoms with Gasteiger partial charge in [0, 0.05) is 18.5 Å². The summed E-state index contributed by atoms with van der Waals surface area (Å²) in [6.45, 7) is 5.50. The molecule has 2 rings (SSSR count). The number of nitrogens with one attached hydrogen (secondary N) is 2. The molecule has 2 aromatic rings. The second-order valence-electron chi connectivity index (χ2n) is 5.54. The first kappa shape index (κ1) is 20.9. The fourth-order valence-corrected chi connectivity index (χ4v) is 3.21. The van der Waals surface area contributed by atoms with Gasteiger partial charge in [-0.15, -0.1) is 35.3 Å². The smallest absolute Gasteiger partial charge is 0.191 e. The van der Waals surface area contributed by atoms with Crippen LogP contribution in [0.1, 0.15) is 27.4 Å². The average molecular weight is 463 g/mol. The van der Waals surface area contributed by atoms with Gasteiger partial charge < -0.3 is 15.1 Å². The zero-order chi connectivity index (χ0) is 16.8. The number of nitrogens with zero attached hydrogens (tertiary/aromatic N) is 3. The molecule has 0 aliphatic rings. The van der Waals surface area contributed by atoms with Crippen molar-refractivity contribution in [1.29, 1.82) is 0 Å². The molecule has 0 aliphatic heterocycles. The Balaban J connectivity index is 0.00000288. The highest BCUT2D eigenvalue weighted by Gasteiger charge is 2.17. The zero-order valence-electron chi connectivity index (χ0n) is 14.8. The number of aryl methyl sites for hydroxylation is 2. The van der Waals surface area contributed by atoms with Gasteiger partial charge >= 0.3 is 0 Å². The maximum Gasteiger partial charge on any atom is 0.191 e. The van der Waals surface area contributed by atoms with Crippen LogP contribution in [0.4, 0.5) is 0 Å². The number of likely N-dealkylation sites (N-methyl/N-ethyl adjacent to an activating group) is 1. The van der Waals surface area contributed by atoms with Gasteiger partial charge in [-0.2, -0.15) is 0 Å². The summed E-state index contributed by atoms with van der Waals surface area (Å²) in [6.07, 6.45) is 1.70. The summed E-state index contributed by atoms with van der Waals surface area (Å²) in [5.41, 5.74) is 1.08. The first-order valence-electron chi connectivity index (χ1n) is 7.58. The van der Waals surface area contributed by atoms with Gasteiger partial charge in [0.05, 0.1) is 29.6 Å². The number of halogens is 1. The van der Waals surface area contributed by atoms with Crippen LogP contribution in [0.15, 0.2) is 27.8 Å². The van der Waals surface area contributed by atoms with E-state index >= 15 is 0 Å². The third-order valence-corrected chi connectivity index (χ3v) is 4.67. The molecule has 0 aliphatic carbocycles. The Hall–Kier alpha value is -1.13. The van der Waals surface area contributed by atoms with Crippen molar-refractivity contribution in [3.63, 3.8) is 0 Å². The minimum absolute atomic E-state index is 0. The summed E-state index contributed by atoms with van der Waals surface area (Å²) in [5, 5.41) is 7.79. The van der Waals surface area contributed by atoms with Crippen LogP contribution in [0.25, 0.3) is 0 Å². The lowest BCUT2D eigenvalue weighted by Gasteiger charge is -2.23. The summed E-state index contributed by atoms with van der Waals surface area (Å²) in [7, 11) is 5.85. The van der Waals surface area contributed by atoms with Gasteiger partial charge in [-0.25, -0.2) is 4.98 Å². The van der Waals surface area contributed by atoms with Crippen LogP contribution in [-0.2, 0) is 6.54 Å². The summed E-state index contributed by atoms with van der Waals surface area (Å²) >= 11 is 1.71. The SMILES string of the molecule is CN=C(NCc1sc(C)nc1C)NCC(c1ccco1)N(C)C.I. The van der Waals surface area contributed by atoms with Crippen LogP contribution in [0, 0.1) is 13.8 Å². The molecule has 0 saturated carbocycles. The number of aromatic nitrogens is 1. The van der Waals surface area contributed by atoms with Crippen LogP contribution in [0.2, 0.25) is 0 Å². The predicted molar refractivity (Wildman–Crippen MR) is 110 cm³/mol. The molecule has 24 heavy (non-hydrogen) atoms. The Labute approximate surface area is 164 Å². The van der Waals surface area contributed by atoms with E-state index in [4.69, 9.17) is 4.42 Å². The van der Waals surface area contributed by atoms with Crippen molar-refractivity contribution in [1.82, 2.24) is 20.5 Å². The largest absolute Gasteiger partial charge is 0.468 e. The maximum absolute atomic E-state index is 5.52. The quantitative estimate of drug-likeness (QED) is 0.392. The zero-order valence-corrected chi connectivity index (χ0v) is 17.9. The van der Waals surface area contributed by atoms with Crippen molar-refractivity contribution in [2.45, 2.75) is 26.4 Å². The third kappa shape index (κ3) is 5.75.